The lowest BCUT2D eigenvalue weighted by molar-refractivity contribution is -0.114. The molecule has 1 rings (SSSR count). The summed E-state index contributed by atoms with van der Waals surface area (Å²) in [6.45, 7) is 7.95. The molecule has 3 nitrogen and oxygen atoms in total. The number of rotatable bonds is 9. The van der Waals surface area contributed by atoms with Crippen molar-refractivity contribution >= 4 is 5.78 Å². The second-order valence-corrected chi connectivity index (χ2v) is 5.26. The molecule has 1 heterocycles. The largest absolute Gasteiger partial charge is 0.469 e. The number of unbranched alkanes of at least 4 members (excludes halogenated alkanes) is 6. The molecule has 0 aromatic rings. The van der Waals surface area contributed by atoms with Gasteiger partial charge in [-0.1, -0.05) is 52.0 Å². The summed E-state index contributed by atoms with van der Waals surface area (Å²) in [6.07, 6.45) is 10.7. The Bertz CT molecular complexity index is 334. The monoisotopic (exact) mass is 265 g/mol. The maximum Gasteiger partial charge on any atom is 0.195 e. The summed E-state index contributed by atoms with van der Waals surface area (Å²) in [7, 11) is 0. The van der Waals surface area contributed by atoms with Gasteiger partial charge < -0.3 is 10.1 Å². The quantitative estimate of drug-likeness (QED) is 0.504. The molecule has 0 aromatic carbocycles. The van der Waals surface area contributed by atoms with Crippen molar-refractivity contribution in [3.8, 4) is 0 Å². The number of hydrogen-bond acceptors (Lipinski definition) is 3. The zero-order valence-electron chi connectivity index (χ0n) is 12.3. The van der Waals surface area contributed by atoms with Crippen LogP contribution in [0.1, 0.15) is 65.2 Å². The fourth-order valence-corrected chi connectivity index (χ4v) is 2.10. The summed E-state index contributed by atoms with van der Waals surface area (Å²) in [4.78, 5) is 11.7. The van der Waals surface area contributed by atoms with Crippen molar-refractivity contribution < 1.29 is 9.53 Å². The van der Waals surface area contributed by atoms with Crippen molar-refractivity contribution in [2.24, 2.45) is 0 Å². The molecule has 0 radical (unpaired) electrons. The molecule has 0 spiro atoms. The summed E-state index contributed by atoms with van der Waals surface area (Å²) in [5.41, 5.74) is 0.815. The molecule has 1 aliphatic rings. The number of ether oxygens (including phenoxy) is 1. The Hall–Kier alpha value is -1.25. The van der Waals surface area contributed by atoms with Crippen LogP contribution in [0.2, 0.25) is 0 Å². The number of carbonyl (C=O) groups is 1. The molecular weight excluding hydrogens is 238 g/mol. The topological polar surface area (TPSA) is 38.3 Å². The van der Waals surface area contributed by atoms with Gasteiger partial charge in [-0.25, -0.2) is 0 Å². The highest BCUT2D eigenvalue weighted by atomic mass is 16.5. The summed E-state index contributed by atoms with van der Waals surface area (Å²) >= 11 is 0. The van der Waals surface area contributed by atoms with E-state index >= 15 is 0 Å². The van der Waals surface area contributed by atoms with E-state index in [0.717, 1.165) is 18.5 Å². The third kappa shape index (κ3) is 6.46. The molecule has 1 fully saturated rings. The number of nitrogens with one attached hydrogen (secondary N) is 1. The van der Waals surface area contributed by atoms with Crippen LogP contribution in [0.15, 0.2) is 24.2 Å². The normalized spacial score (nSPS) is 20.4. The molecule has 108 valence electrons. The second-order valence-electron chi connectivity index (χ2n) is 5.26. The zero-order valence-corrected chi connectivity index (χ0v) is 12.3. The third-order valence-corrected chi connectivity index (χ3v) is 3.40. The first-order valence-electron chi connectivity index (χ1n) is 7.50. The van der Waals surface area contributed by atoms with Gasteiger partial charge in [-0.05, 0) is 13.3 Å². The van der Waals surface area contributed by atoms with E-state index in [-0.39, 0.29) is 11.9 Å². The lowest BCUT2D eigenvalue weighted by Gasteiger charge is -2.01. The van der Waals surface area contributed by atoms with Crippen LogP contribution < -0.4 is 5.32 Å². The number of hydrogen-bond donors (Lipinski definition) is 1. The van der Waals surface area contributed by atoms with Crippen molar-refractivity contribution in [2.45, 2.75) is 71.3 Å². The van der Waals surface area contributed by atoms with Crippen molar-refractivity contribution in [3.63, 3.8) is 0 Å². The van der Waals surface area contributed by atoms with E-state index in [1.807, 2.05) is 6.92 Å². The average molecular weight is 265 g/mol. The summed E-state index contributed by atoms with van der Waals surface area (Å²) in [6, 6.07) is 0. The van der Waals surface area contributed by atoms with Gasteiger partial charge in [-0.2, -0.15) is 0 Å². The summed E-state index contributed by atoms with van der Waals surface area (Å²) in [5.74, 6) is 0.684. The SMILES string of the molecule is C=C1N/C(=C\C(=O)CCCCCCCCC)O[C@H]1C. The molecule has 0 unspecified atom stereocenters. The van der Waals surface area contributed by atoms with E-state index < -0.39 is 0 Å². The van der Waals surface area contributed by atoms with Gasteiger partial charge >= 0.3 is 0 Å². The molecule has 19 heavy (non-hydrogen) atoms. The van der Waals surface area contributed by atoms with Crippen LogP contribution >= 0.6 is 0 Å². The lowest BCUT2D eigenvalue weighted by atomic mass is 10.1. The van der Waals surface area contributed by atoms with Gasteiger partial charge in [0.05, 0.1) is 5.70 Å². The highest BCUT2D eigenvalue weighted by Crippen LogP contribution is 2.16. The minimum absolute atomic E-state index is 0.0439. The maximum absolute atomic E-state index is 11.7. The predicted molar refractivity (Wildman–Crippen MR) is 78.5 cm³/mol. The second kappa shape index (κ2) is 8.78. The van der Waals surface area contributed by atoms with Crippen LogP contribution in [-0.4, -0.2) is 11.9 Å². The molecule has 3 heteroatoms. The van der Waals surface area contributed by atoms with E-state index in [1.54, 1.807) is 6.08 Å². The molecule has 0 saturated carbocycles. The smallest absolute Gasteiger partial charge is 0.195 e. The Balaban J connectivity index is 2.08. The van der Waals surface area contributed by atoms with E-state index in [0.29, 0.717) is 12.3 Å². The molecule has 1 atom stereocenters. The summed E-state index contributed by atoms with van der Waals surface area (Å²) < 4.78 is 5.45. The molecule has 1 aliphatic heterocycles. The van der Waals surface area contributed by atoms with Gasteiger partial charge in [0.2, 0.25) is 0 Å². The third-order valence-electron chi connectivity index (χ3n) is 3.40. The molecule has 0 bridgehead atoms. The number of ketones is 1. The van der Waals surface area contributed by atoms with Crippen LogP contribution in [0, 0.1) is 0 Å². The van der Waals surface area contributed by atoms with E-state index in [9.17, 15) is 4.79 Å². The van der Waals surface area contributed by atoms with Crippen molar-refractivity contribution in [1.82, 2.24) is 5.32 Å². The van der Waals surface area contributed by atoms with Crippen LogP contribution in [0.25, 0.3) is 0 Å². The fourth-order valence-electron chi connectivity index (χ4n) is 2.10. The molecule has 0 amide bonds. The molecule has 0 aromatic heterocycles. The van der Waals surface area contributed by atoms with Gasteiger partial charge in [0, 0.05) is 12.5 Å². The first-order chi connectivity index (χ1) is 9.13. The lowest BCUT2D eigenvalue weighted by Crippen LogP contribution is -2.06. The Morgan fingerprint density at radius 2 is 1.89 bits per heavy atom. The van der Waals surface area contributed by atoms with Crippen LogP contribution in [0.4, 0.5) is 0 Å². The van der Waals surface area contributed by atoms with Crippen LogP contribution in [0.3, 0.4) is 0 Å². The molecule has 1 N–H and O–H groups in total. The number of allylic oxidation sites excluding steroid dienone is 1. The predicted octanol–water partition coefficient (Wildman–Crippen LogP) is 4.06. The van der Waals surface area contributed by atoms with Crippen molar-refractivity contribution in [3.05, 3.63) is 24.2 Å². The zero-order chi connectivity index (χ0) is 14.1. The highest BCUT2D eigenvalue weighted by Gasteiger charge is 2.19. The Labute approximate surface area is 117 Å². The van der Waals surface area contributed by atoms with E-state index in [1.165, 1.54) is 32.1 Å². The minimum Gasteiger partial charge on any atom is -0.469 e. The van der Waals surface area contributed by atoms with Gasteiger partial charge in [-0.15, -0.1) is 0 Å². The number of carbonyl (C=O) groups excluding carboxylic acids is 1. The highest BCUT2D eigenvalue weighted by molar-refractivity contribution is 5.90. The van der Waals surface area contributed by atoms with Gasteiger partial charge in [0.25, 0.3) is 0 Å². The molecular formula is C16H27NO2. The fraction of sp³-hybridized carbons (Fsp3) is 0.688. The Kier molecular flexibility index (Phi) is 7.31. The minimum atomic E-state index is -0.0439. The summed E-state index contributed by atoms with van der Waals surface area (Å²) in [5, 5.41) is 2.98. The van der Waals surface area contributed by atoms with E-state index in [2.05, 4.69) is 18.8 Å². The standard InChI is InChI=1S/C16H27NO2/c1-4-5-6-7-8-9-10-11-15(18)12-16-17-13(2)14(3)19-16/h12,14,17H,2,4-11H2,1,3H3/b16-12+/t14-/m0/s1. The average Bonchev–Trinajstić information content (AvgIpc) is 2.67. The first-order valence-corrected chi connectivity index (χ1v) is 7.50. The van der Waals surface area contributed by atoms with Crippen molar-refractivity contribution in [1.29, 1.82) is 0 Å². The van der Waals surface area contributed by atoms with Gasteiger partial charge in [-0.3, -0.25) is 4.79 Å². The Morgan fingerprint density at radius 3 is 2.47 bits per heavy atom. The van der Waals surface area contributed by atoms with Crippen LogP contribution in [0.5, 0.6) is 0 Å². The maximum atomic E-state index is 11.7. The molecule has 1 saturated heterocycles. The first kappa shape index (κ1) is 15.8. The van der Waals surface area contributed by atoms with Gasteiger partial charge in [0.1, 0.15) is 6.10 Å². The van der Waals surface area contributed by atoms with Gasteiger partial charge in [0.15, 0.2) is 11.7 Å². The van der Waals surface area contributed by atoms with E-state index in [4.69, 9.17) is 4.74 Å². The van der Waals surface area contributed by atoms with Crippen molar-refractivity contribution in [2.75, 3.05) is 0 Å². The van der Waals surface area contributed by atoms with Crippen LogP contribution in [-0.2, 0) is 9.53 Å². The Morgan fingerprint density at radius 1 is 1.26 bits per heavy atom. The molecule has 0 aliphatic carbocycles.